The third kappa shape index (κ3) is 2.30. The minimum atomic E-state index is -1.11. The molecule has 1 aromatic carbocycles. The van der Waals surface area contributed by atoms with Gasteiger partial charge in [0.05, 0.1) is 11.6 Å². The number of hydrogen-bond donors (Lipinski definition) is 1. The summed E-state index contributed by atoms with van der Waals surface area (Å²) in [4.78, 5) is 21.8. The van der Waals surface area contributed by atoms with E-state index >= 15 is 0 Å². The number of rotatable bonds is 3. The van der Waals surface area contributed by atoms with Gasteiger partial charge in [0.15, 0.2) is 6.29 Å². The largest absolute Gasteiger partial charge is 0.346 e. The average molecular weight is 243 g/mol. The fraction of sp³-hybridized carbons (Fsp3) is 0.273. The Morgan fingerprint density at radius 3 is 2.29 bits per heavy atom. The predicted octanol–water partition coefficient (Wildman–Crippen LogP) is 1.62. The maximum atomic E-state index is 13.2. The Hall–Kier alpha value is -1.85. The molecular formula is C11H8F3NO2. The first kappa shape index (κ1) is 11.6. The van der Waals surface area contributed by atoms with E-state index in [1.54, 1.807) is 0 Å². The second-order valence-corrected chi connectivity index (χ2v) is 3.80. The summed E-state index contributed by atoms with van der Waals surface area (Å²) in [5.74, 6) is -2.99. The van der Waals surface area contributed by atoms with Crippen LogP contribution in [0.1, 0.15) is 27.1 Å². The van der Waals surface area contributed by atoms with E-state index in [2.05, 4.69) is 5.32 Å². The van der Waals surface area contributed by atoms with Crippen molar-refractivity contribution in [2.45, 2.75) is 18.6 Å². The normalized spacial score (nSPS) is 22.1. The summed E-state index contributed by atoms with van der Waals surface area (Å²) in [6.07, 6.45) is -0.851. The van der Waals surface area contributed by atoms with Crippen LogP contribution in [0.15, 0.2) is 12.1 Å². The van der Waals surface area contributed by atoms with Gasteiger partial charge in [-0.25, -0.2) is 13.2 Å². The smallest absolute Gasteiger partial charge is 0.251 e. The van der Waals surface area contributed by atoms with Crippen LogP contribution in [-0.4, -0.2) is 24.4 Å². The minimum absolute atomic E-state index is 0.0326. The molecule has 1 aromatic rings. The molecule has 3 nitrogen and oxygen atoms in total. The summed E-state index contributed by atoms with van der Waals surface area (Å²) in [5.41, 5.74) is -0.999. The number of carbonyl (C=O) groups excluding carboxylic acids is 2. The summed E-state index contributed by atoms with van der Waals surface area (Å²) in [5, 5.41) is 2.28. The lowest BCUT2D eigenvalue weighted by Crippen LogP contribution is -2.27. The first-order chi connectivity index (χ1) is 8.02. The molecule has 0 bridgehead atoms. The lowest BCUT2D eigenvalue weighted by Gasteiger charge is -2.05. The molecule has 0 aliphatic heterocycles. The van der Waals surface area contributed by atoms with Gasteiger partial charge in [-0.2, -0.15) is 0 Å². The SMILES string of the molecule is O=Cc1c(F)cc(C(=O)NC2CC2F)cc1F. The summed E-state index contributed by atoms with van der Waals surface area (Å²) in [6.45, 7) is 0. The monoisotopic (exact) mass is 243 g/mol. The van der Waals surface area contributed by atoms with Crippen LogP contribution in [0.25, 0.3) is 0 Å². The Labute approximate surface area is 94.6 Å². The van der Waals surface area contributed by atoms with Crippen LogP contribution in [-0.2, 0) is 0 Å². The highest BCUT2D eigenvalue weighted by atomic mass is 19.1. The molecule has 2 unspecified atom stereocenters. The van der Waals surface area contributed by atoms with Gasteiger partial charge in [-0.15, -0.1) is 0 Å². The molecule has 1 saturated carbocycles. The van der Waals surface area contributed by atoms with Crippen LogP contribution in [0.5, 0.6) is 0 Å². The topological polar surface area (TPSA) is 46.2 Å². The first-order valence-corrected chi connectivity index (χ1v) is 4.92. The molecule has 0 heterocycles. The predicted molar refractivity (Wildman–Crippen MR) is 52.5 cm³/mol. The van der Waals surface area contributed by atoms with Crippen molar-refractivity contribution in [1.29, 1.82) is 0 Å². The zero-order valence-corrected chi connectivity index (χ0v) is 8.54. The molecule has 6 heteroatoms. The van der Waals surface area contributed by atoms with Crippen molar-refractivity contribution in [2.75, 3.05) is 0 Å². The summed E-state index contributed by atoms with van der Waals surface area (Å²) < 4.78 is 38.9. The third-order valence-corrected chi connectivity index (χ3v) is 2.49. The van der Waals surface area contributed by atoms with Gasteiger partial charge >= 0.3 is 0 Å². The van der Waals surface area contributed by atoms with Crippen LogP contribution in [0.4, 0.5) is 13.2 Å². The van der Waals surface area contributed by atoms with Crippen LogP contribution >= 0.6 is 0 Å². The van der Waals surface area contributed by atoms with E-state index in [0.717, 1.165) is 12.1 Å². The zero-order chi connectivity index (χ0) is 12.6. The Morgan fingerprint density at radius 2 is 1.88 bits per heavy atom. The van der Waals surface area contributed by atoms with E-state index < -0.39 is 35.3 Å². The van der Waals surface area contributed by atoms with Crippen molar-refractivity contribution in [1.82, 2.24) is 5.32 Å². The van der Waals surface area contributed by atoms with Gasteiger partial charge in [0.2, 0.25) is 0 Å². The highest BCUT2D eigenvalue weighted by Gasteiger charge is 2.38. The summed E-state index contributed by atoms with van der Waals surface area (Å²) in [7, 11) is 0. The lowest BCUT2D eigenvalue weighted by atomic mass is 10.1. The molecule has 17 heavy (non-hydrogen) atoms. The van der Waals surface area contributed by atoms with Gasteiger partial charge in [-0.05, 0) is 12.1 Å². The maximum absolute atomic E-state index is 13.2. The molecule has 2 rings (SSSR count). The van der Waals surface area contributed by atoms with Gasteiger partial charge in [-0.3, -0.25) is 9.59 Å². The Bertz CT molecular complexity index is 467. The van der Waals surface area contributed by atoms with E-state index in [1.165, 1.54) is 0 Å². The fourth-order valence-electron chi connectivity index (χ4n) is 1.39. The highest BCUT2D eigenvalue weighted by Crippen LogP contribution is 2.25. The second-order valence-electron chi connectivity index (χ2n) is 3.80. The number of benzene rings is 1. The van der Waals surface area contributed by atoms with Crippen molar-refractivity contribution >= 4 is 12.2 Å². The molecule has 0 aromatic heterocycles. The van der Waals surface area contributed by atoms with Crippen molar-refractivity contribution < 1.29 is 22.8 Å². The number of hydrogen-bond acceptors (Lipinski definition) is 2. The van der Waals surface area contributed by atoms with Crippen LogP contribution in [0.2, 0.25) is 0 Å². The van der Waals surface area contributed by atoms with Crippen LogP contribution in [0, 0.1) is 11.6 Å². The van der Waals surface area contributed by atoms with Gasteiger partial charge in [0.1, 0.15) is 17.8 Å². The van der Waals surface area contributed by atoms with E-state index in [1.807, 2.05) is 0 Å². The molecule has 1 aliphatic carbocycles. The Balaban J connectivity index is 2.21. The number of aldehydes is 1. The van der Waals surface area contributed by atoms with E-state index in [0.29, 0.717) is 0 Å². The molecule has 0 spiro atoms. The standard InChI is InChI=1S/C11H8F3NO2/c12-7-1-5(2-8(13)6(7)4-16)11(17)15-10-3-9(10)14/h1-2,4,9-10H,3H2,(H,15,17). The maximum Gasteiger partial charge on any atom is 0.251 e. The molecule has 1 amide bonds. The Morgan fingerprint density at radius 1 is 1.35 bits per heavy atom. The number of alkyl halides is 1. The van der Waals surface area contributed by atoms with E-state index in [4.69, 9.17) is 0 Å². The minimum Gasteiger partial charge on any atom is -0.346 e. The number of halogens is 3. The molecule has 1 fully saturated rings. The first-order valence-electron chi connectivity index (χ1n) is 4.92. The van der Waals surface area contributed by atoms with Crippen molar-refractivity contribution in [2.24, 2.45) is 0 Å². The molecule has 2 atom stereocenters. The second kappa shape index (κ2) is 4.20. The molecule has 1 N–H and O–H groups in total. The molecule has 1 aliphatic rings. The van der Waals surface area contributed by atoms with Gasteiger partial charge in [-0.1, -0.05) is 0 Å². The molecule has 90 valence electrons. The van der Waals surface area contributed by atoms with Crippen LogP contribution < -0.4 is 5.32 Å². The Kier molecular flexibility index (Phi) is 2.87. The summed E-state index contributed by atoms with van der Waals surface area (Å²) >= 11 is 0. The molecular weight excluding hydrogens is 235 g/mol. The number of amides is 1. The van der Waals surface area contributed by atoms with E-state index in [9.17, 15) is 22.8 Å². The average Bonchev–Trinajstić information content (AvgIpc) is 2.93. The van der Waals surface area contributed by atoms with Gasteiger partial charge in [0.25, 0.3) is 5.91 Å². The van der Waals surface area contributed by atoms with Gasteiger partial charge in [0, 0.05) is 12.0 Å². The van der Waals surface area contributed by atoms with Crippen molar-refractivity contribution in [3.8, 4) is 0 Å². The van der Waals surface area contributed by atoms with Crippen molar-refractivity contribution in [3.05, 3.63) is 34.9 Å². The third-order valence-electron chi connectivity index (χ3n) is 2.49. The highest BCUT2D eigenvalue weighted by molar-refractivity contribution is 5.95. The lowest BCUT2D eigenvalue weighted by molar-refractivity contribution is 0.0945. The van der Waals surface area contributed by atoms with Gasteiger partial charge < -0.3 is 5.32 Å². The number of nitrogens with one attached hydrogen (secondary N) is 1. The summed E-state index contributed by atoms with van der Waals surface area (Å²) in [6, 6.07) is 0.912. The molecule has 0 saturated heterocycles. The zero-order valence-electron chi connectivity index (χ0n) is 8.54. The van der Waals surface area contributed by atoms with E-state index in [-0.39, 0.29) is 18.3 Å². The fourth-order valence-corrected chi connectivity index (χ4v) is 1.39. The number of carbonyl (C=O) groups is 2. The quantitative estimate of drug-likeness (QED) is 0.820. The molecule has 0 radical (unpaired) electrons. The van der Waals surface area contributed by atoms with Crippen molar-refractivity contribution in [3.63, 3.8) is 0 Å². The van der Waals surface area contributed by atoms with Crippen LogP contribution in [0.3, 0.4) is 0 Å².